The molecule has 0 aliphatic carbocycles. The molecular formula is C10H7Cl2NO2. The predicted octanol–water partition coefficient (Wildman–Crippen LogP) is 3.23. The molecule has 1 aromatic carbocycles. The van der Waals surface area contributed by atoms with Gasteiger partial charge in [-0.1, -0.05) is 23.4 Å². The number of benzene rings is 1. The van der Waals surface area contributed by atoms with Crippen molar-refractivity contribution in [2.24, 2.45) is 0 Å². The molecule has 0 fully saturated rings. The lowest BCUT2D eigenvalue weighted by Gasteiger charge is -1.95. The average Bonchev–Trinajstić information content (AvgIpc) is 2.20. The second kappa shape index (κ2) is 5.59. The maximum Gasteiger partial charge on any atom is 0.286 e. The van der Waals surface area contributed by atoms with Crippen LogP contribution in [0.3, 0.4) is 0 Å². The van der Waals surface area contributed by atoms with Crippen molar-refractivity contribution in [3.05, 3.63) is 38.9 Å². The molecule has 0 bridgehead atoms. The fraction of sp³-hybridized carbons (Fsp3) is 0.200. The number of hydrogen-bond donors (Lipinski definition) is 0. The Morgan fingerprint density at radius 1 is 1.47 bits per heavy atom. The number of alkyl halides is 1. The molecule has 0 saturated heterocycles. The van der Waals surface area contributed by atoms with Crippen LogP contribution < -0.4 is 0 Å². The average molecular weight is 244 g/mol. The van der Waals surface area contributed by atoms with Crippen molar-refractivity contribution in [2.45, 2.75) is 6.42 Å². The van der Waals surface area contributed by atoms with Gasteiger partial charge in [0.1, 0.15) is 5.56 Å². The molecule has 0 atom stereocenters. The van der Waals surface area contributed by atoms with E-state index < -0.39 is 4.92 Å². The van der Waals surface area contributed by atoms with E-state index in [-0.39, 0.29) is 5.69 Å². The Balaban J connectivity index is 3.08. The third-order valence-corrected chi connectivity index (χ3v) is 2.02. The molecule has 0 unspecified atom stereocenters. The van der Waals surface area contributed by atoms with Gasteiger partial charge in [-0.25, -0.2) is 0 Å². The van der Waals surface area contributed by atoms with Crippen molar-refractivity contribution in [1.29, 1.82) is 0 Å². The summed E-state index contributed by atoms with van der Waals surface area (Å²) in [6.45, 7) is 0. The van der Waals surface area contributed by atoms with Crippen molar-refractivity contribution in [2.75, 3.05) is 5.88 Å². The number of rotatable bonds is 2. The molecule has 0 aromatic heterocycles. The summed E-state index contributed by atoms with van der Waals surface area (Å²) >= 11 is 11.1. The highest BCUT2D eigenvalue weighted by Gasteiger charge is 2.11. The molecule has 0 heterocycles. The first kappa shape index (κ1) is 11.8. The quantitative estimate of drug-likeness (QED) is 0.347. The van der Waals surface area contributed by atoms with Crippen LogP contribution in [0.5, 0.6) is 0 Å². The van der Waals surface area contributed by atoms with Crippen molar-refractivity contribution < 1.29 is 4.92 Å². The SMILES string of the molecule is O=[N+]([O-])c1cc(Cl)ccc1C#CCCCl. The van der Waals surface area contributed by atoms with Crippen LogP contribution in [-0.2, 0) is 0 Å². The van der Waals surface area contributed by atoms with Crippen LogP contribution in [-0.4, -0.2) is 10.8 Å². The van der Waals surface area contributed by atoms with Gasteiger partial charge in [-0.2, -0.15) is 0 Å². The van der Waals surface area contributed by atoms with Crippen molar-refractivity contribution in [3.63, 3.8) is 0 Å². The zero-order valence-corrected chi connectivity index (χ0v) is 9.18. The maximum absolute atomic E-state index is 10.7. The number of hydrogen-bond acceptors (Lipinski definition) is 2. The Hall–Kier alpha value is -1.24. The highest BCUT2D eigenvalue weighted by molar-refractivity contribution is 6.30. The van der Waals surface area contributed by atoms with Crippen LogP contribution in [0.4, 0.5) is 5.69 Å². The zero-order valence-electron chi connectivity index (χ0n) is 7.67. The Labute approximate surface area is 97.1 Å². The van der Waals surface area contributed by atoms with E-state index >= 15 is 0 Å². The summed E-state index contributed by atoms with van der Waals surface area (Å²) in [4.78, 5) is 10.2. The summed E-state index contributed by atoms with van der Waals surface area (Å²) in [5.41, 5.74) is 0.277. The van der Waals surface area contributed by atoms with Gasteiger partial charge in [0.25, 0.3) is 5.69 Å². The summed E-state index contributed by atoms with van der Waals surface area (Å²) in [5, 5.41) is 11.0. The fourth-order valence-corrected chi connectivity index (χ4v) is 1.23. The molecule has 0 N–H and O–H groups in total. The summed E-state index contributed by atoms with van der Waals surface area (Å²) < 4.78 is 0. The minimum atomic E-state index is -0.503. The Morgan fingerprint density at radius 2 is 2.20 bits per heavy atom. The van der Waals surface area contributed by atoms with Gasteiger partial charge in [0.15, 0.2) is 0 Å². The maximum atomic E-state index is 10.7. The minimum absolute atomic E-state index is 0.0791. The first-order valence-corrected chi connectivity index (χ1v) is 5.05. The Bertz CT molecular complexity index is 435. The van der Waals surface area contributed by atoms with E-state index in [4.69, 9.17) is 23.2 Å². The summed E-state index contributed by atoms with van der Waals surface area (Å²) in [6.07, 6.45) is 0.501. The normalized spacial score (nSPS) is 9.20. The first-order valence-electron chi connectivity index (χ1n) is 4.14. The summed E-state index contributed by atoms with van der Waals surface area (Å²) in [7, 11) is 0. The predicted molar refractivity (Wildman–Crippen MR) is 60.3 cm³/mol. The number of halogens is 2. The minimum Gasteiger partial charge on any atom is -0.258 e. The molecule has 0 spiro atoms. The molecule has 0 aliphatic heterocycles. The number of nitrogens with zero attached hydrogens (tertiary/aromatic N) is 1. The standard InChI is InChI=1S/C10H7Cl2NO2/c11-6-2-1-3-8-4-5-9(12)7-10(8)13(14)15/h4-5,7H,2,6H2. The van der Waals surface area contributed by atoms with E-state index in [9.17, 15) is 10.1 Å². The van der Waals surface area contributed by atoms with Crippen LogP contribution in [0.15, 0.2) is 18.2 Å². The topological polar surface area (TPSA) is 43.1 Å². The molecule has 0 amide bonds. The van der Waals surface area contributed by atoms with Gasteiger partial charge in [-0.15, -0.1) is 11.6 Å². The number of nitro benzene ring substituents is 1. The first-order chi connectivity index (χ1) is 7.15. The Kier molecular flexibility index (Phi) is 4.41. The van der Waals surface area contributed by atoms with Crippen LogP contribution >= 0.6 is 23.2 Å². The summed E-state index contributed by atoms with van der Waals surface area (Å²) in [5.74, 6) is 5.84. The van der Waals surface area contributed by atoms with Crippen LogP contribution in [0.25, 0.3) is 0 Å². The molecule has 1 aromatic rings. The molecule has 0 saturated carbocycles. The van der Waals surface area contributed by atoms with Gasteiger partial charge < -0.3 is 0 Å². The van der Waals surface area contributed by atoms with Crippen LogP contribution in [0, 0.1) is 22.0 Å². The van der Waals surface area contributed by atoms with E-state index in [1.165, 1.54) is 12.1 Å². The van der Waals surface area contributed by atoms with Gasteiger partial charge in [0.2, 0.25) is 0 Å². The highest BCUT2D eigenvalue weighted by atomic mass is 35.5. The lowest BCUT2D eigenvalue weighted by Crippen LogP contribution is -1.91. The molecule has 1 rings (SSSR count). The lowest BCUT2D eigenvalue weighted by molar-refractivity contribution is -0.385. The molecular weight excluding hydrogens is 237 g/mol. The van der Waals surface area contributed by atoms with Gasteiger partial charge in [-0.05, 0) is 12.1 Å². The van der Waals surface area contributed by atoms with Gasteiger partial charge in [0, 0.05) is 23.4 Å². The largest absolute Gasteiger partial charge is 0.286 e. The van der Waals surface area contributed by atoms with E-state index in [0.29, 0.717) is 22.9 Å². The molecule has 3 nitrogen and oxygen atoms in total. The van der Waals surface area contributed by atoms with E-state index in [1.54, 1.807) is 6.07 Å². The monoisotopic (exact) mass is 243 g/mol. The number of nitro groups is 1. The fourth-order valence-electron chi connectivity index (χ4n) is 0.967. The zero-order chi connectivity index (χ0) is 11.3. The smallest absolute Gasteiger partial charge is 0.258 e. The van der Waals surface area contributed by atoms with Crippen molar-refractivity contribution in [1.82, 2.24) is 0 Å². The second-order valence-corrected chi connectivity index (χ2v) is 3.47. The van der Waals surface area contributed by atoms with Crippen LogP contribution in [0.2, 0.25) is 5.02 Å². The third kappa shape index (κ3) is 3.43. The third-order valence-electron chi connectivity index (χ3n) is 1.60. The van der Waals surface area contributed by atoms with E-state index in [0.717, 1.165) is 0 Å². The van der Waals surface area contributed by atoms with Crippen LogP contribution in [0.1, 0.15) is 12.0 Å². The van der Waals surface area contributed by atoms with Gasteiger partial charge in [0.05, 0.1) is 4.92 Å². The van der Waals surface area contributed by atoms with Crippen molar-refractivity contribution >= 4 is 28.9 Å². The highest BCUT2D eigenvalue weighted by Crippen LogP contribution is 2.22. The molecule has 78 valence electrons. The Morgan fingerprint density at radius 3 is 2.80 bits per heavy atom. The van der Waals surface area contributed by atoms with E-state index in [2.05, 4.69) is 11.8 Å². The molecule has 0 aliphatic rings. The lowest BCUT2D eigenvalue weighted by atomic mass is 10.2. The second-order valence-electron chi connectivity index (χ2n) is 2.66. The van der Waals surface area contributed by atoms with Crippen molar-refractivity contribution in [3.8, 4) is 11.8 Å². The molecule has 15 heavy (non-hydrogen) atoms. The molecule has 5 heteroatoms. The van der Waals surface area contributed by atoms with E-state index in [1.807, 2.05) is 0 Å². The van der Waals surface area contributed by atoms with Gasteiger partial charge >= 0.3 is 0 Å². The summed E-state index contributed by atoms with van der Waals surface area (Å²) in [6, 6.07) is 4.38. The van der Waals surface area contributed by atoms with Gasteiger partial charge in [-0.3, -0.25) is 10.1 Å². The molecule has 0 radical (unpaired) electrons.